The Morgan fingerprint density at radius 1 is 1.09 bits per heavy atom. The number of hydrogen-bond acceptors (Lipinski definition) is 4. The van der Waals surface area contributed by atoms with Crippen LogP contribution in [-0.2, 0) is 4.79 Å². The molecule has 5 nitrogen and oxygen atoms in total. The van der Waals surface area contributed by atoms with Crippen LogP contribution in [0.15, 0.2) is 54.6 Å². The van der Waals surface area contributed by atoms with Crippen LogP contribution in [0.5, 0.6) is 5.75 Å². The van der Waals surface area contributed by atoms with E-state index in [-0.39, 0.29) is 12.5 Å². The van der Waals surface area contributed by atoms with Gasteiger partial charge in [-0.1, -0.05) is 42.5 Å². The summed E-state index contributed by atoms with van der Waals surface area (Å²) in [6.07, 6.45) is 5.82. The molecule has 0 aliphatic heterocycles. The fraction of sp³-hybridized carbons (Fsp3) is 0.536. The van der Waals surface area contributed by atoms with Crippen LogP contribution in [0.3, 0.4) is 0 Å². The maximum absolute atomic E-state index is 13.1. The highest BCUT2D eigenvalue weighted by molar-refractivity contribution is 5.84. The summed E-state index contributed by atoms with van der Waals surface area (Å²) in [5, 5.41) is 23.6. The minimum atomic E-state index is -1.76. The lowest BCUT2D eigenvalue weighted by atomic mass is 9.61. The number of amides is 1. The summed E-state index contributed by atoms with van der Waals surface area (Å²) in [4.78, 5) is 13.1. The summed E-state index contributed by atoms with van der Waals surface area (Å²) in [7, 11) is 0. The molecule has 3 saturated carbocycles. The lowest BCUT2D eigenvalue weighted by molar-refractivity contribution is -0.126. The number of carbonyl (C=O) groups is 1. The maximum Gasteiger partial charge on any atom is 0.230 e. The van der Waals surface area contributed by atoms with Gasteiger partial charge in [-0.2, -0.15) is 0 Å². The molecule has 3 aliphatic carbocycles. The summed E-state index contributed by atoms with van der Waals surface area (Å²) >= 11 is 0. The van der Waals surface area contributed by atoms with Crippen LogP contribution in [0.2, 0.25) is 0 Å². The first-order chi connectivity index (χ1) is 16.5. The number of nitrogens with one attached hydrogen (secondary N) is 1. The van der Waals surface area contributed by atoms with Crippen molar-refractivity contribution in [3.05, 3.63) is 65.7 Å². The predicted octanol–water partition coefficient (Wildman–Crippen LogP) is 4.74. The summed E-state index contributed by atoms with van der Waals surface area (Å²) in [6, 6.07) is 15.2. The van der Waals surface area contributed by atoms with Gasteiger partial charge >= 0.3 is 0 Å². The monoisotopic (exact) mass is 453 g/mol. The first kappa shape index (κ1) is 21.2. The fourth-order valence-electron chi connectivity index (χ4n) is 5.23. The van der Waals surface area contributed by atoms with Crippen LogP contribution in [0.4, 0.5) is 0 Å². The summed E-state index contributed by atoms with van der Waals surface area (Å²) in [5.74, 6) is 0.0441. The van der Waals surface area contributed by atoms with E-state index in [9.17, 15) is 15.0 Å². The third-order valence-electron chi connectivity index (χ3n) is 7.39. The van der Waals surface area contributed by atoms with Crippen molar-refractivity contribution < 1.29 is 22.5 Å². The Morgan fingerprint density at radius 3 is 2.24 bits per heavy atom. The largest absolute Gasteiger partial charge is 0.493 e. The molecule has 0 saturated heterocycles. The van der Waals surface area contributed by atoms with E-state index >= 15 is 0 Å². The lowest BCUT2D eigenvalue weighted by Gasteiger charge is -2.46. The molecule has 3 fully saturated rings. The lowest BCUT2D eigenvalue weighted by Crippen LogP contribution is -2.44. The smallest absolute Gasteiger partial charge is 0.230 e. The molecule has 2 atom stereocenters. The Bertz CT molecular complexity index is 982. The Morgan fingerprint density at radius 2 is 1.70 bits per heavy atom. The van der Waals surface area contributed by atoms with Gasteiger partial charge < -0.3 is 20.3 Å². The van der Waals surface area contributed by atoms with E-state index in [4.69, 9.17) is 7.48 Å². The van der Waals surface area contributed by atoms with Crippen molar-refractivity contribution in [1.29, 1.82) is 0 Å². The van der Waals surface area contributed by atoms with Gasteiger partial charge in [0.05, 0.1) is 33.5 Å². The SMILES string of the molecule is [2H]C([2H])(Oc1ccc([C@@H](NC(=O)[C@@H](CO)c2ccccc2)C(C)(C)O)cc1)C12CCC(CC1)CC2. The Balaban J connectivity index is 1.49. The van der Waals surface area contributed by atoms with Gasteiger partial charge in [-0.25, -0.2) is 0 Å². The van der Waals surface area contributed by atoms with Crippen molar-refractivity contribution in [3.8, 4) is 5.75 Å². The van der Waals surface area contributed by atoms with Crippen molar-refractivity contribution in [2.24, 2.45) is 11.3 Å². The number of ether oxygens (including phenoxy) is 1. The molecule has 3 N–H and O–H groups in total. The third kappa shape index (κ3) is 5.59. The number of rotatable bonds is 9. The molecule has 2 aromatic rings. The van der Waals surface area contributed by atoms with Crippen LogP contribution in [-0.4, -0.2) is 34.9 Å². The van der Waals surface area contributed by atoms with Gasteiger partial charge in [-0.05, 0) is 81.5 Å². The molecular weight excluding hydrogens is 414 g/mol. The Labute approximate surface area is 200 Å². The molecule has 0 aromatic heterocycles. The van der Waals surface area contributed by atoms with E-state index < -0.39 is 29.5 Å². The zero-order valence-electron chi connectivity index (χ0n) is 21.6. The molecule has 0 unspecified atom stereocenters. The highest BCUT2D eigenvalue weighted by atomic mass is 16.5. The maximum atomic E-state index is 13.1. The predicted molar refractivity (Wildman–Crippen MR) is 129 cm³/mol. The van der Waals surface area contributed by atoms with E-state index in [2.05, 4.69) is 5.32 Å². The molecule has 178 valence electrons. The Hall–Kier alpha value is -2.37. The van der Waals surface area contributed by atoms with Gasteiger partial charge in [0.1, 0.15) is 5.75 Å². The summed E-state index contributed by atoms with van der Waals surface area (Å²) in [6.45, 7) is 1.14. The molecule has 2 aromatic carbocycles. The normalized spacial score (nSPS) is 25.5. The van der Waals surface area contributed by atoms with Crippen LogP contribution in [0.25, 0.3) is 0 Å². The number of aliphatic hydroxyl groups excluding tert-OH is 1. The summed E-state index contributed by atoms with van der Waals surface area (Å²) < 4.78 is 23.4. The third-order valence-corrected chi connectivity index (χ3v) is 7.39. The fourth-order valence-corrected chi connectivity index (χ4v) is 5.23. The molecule has 1 amide bonds. The molecular formula is C28H37NO4. The molecule has 0 spiro atoms. The highest BCUT2D eigenvalue weighted by Crippen LogP contribution is 2.50. The minimum absolute atomic E-state index is 0.348. The number of aliphatic hydroxyl groups is 2. The highest BCUT2D eigenvalue weighted by Gasteiger charge is 2.41. The van der Waals surface area contributed by atoms with Crippen molar-refractivity contribution in [2.75, 3.05) is 13.2 Å². The zero-order valence-corrected chi connectivity index (χ0v) is 19.6. The van der Waals surface area contributed by atoms with Crippen molar-refractivity contribution >= 4 is 5.91 Å². The van der Waals surface area contributed by atoms with E-state index in [1.54, 1.807) is 50.2 Å². The first-order valence-electron chi connectivity index (χ1n) is 13.0. The molecule has 0 radical (unpaired) electrons. The van der Waals surface area contributed by atoms with Crippen LogP contribution >= 0.6 is 0 Å². The summed E-state index contributed by atoms with van der Waals surface area (Å²) in [5.41, 5.74) is -0.340. The second-order valence-corrected chi connectivity index (χ2v) is 10.3. The van der Waals surface area contributed by atoms with Gasteiger partial charge in [0.25, 0.3) is 0 Å². The second-order valence-electron chi connectivity index (χ2n) is 10.3. The zero-order chi connectivity index (χ0) is 25.3. The average molecular weight is 454 g/mol. The van der Waals surface area contributed by atoms with E-state index in [1.807, 2.05) is 18.2 Å². The minimum Gasteiger partial charge on any atom is -0.493 e. The molecule has 33 heavy (non-hydrogen) atoms. The molecule has 3 aliphatic rings. The Kier molecular flexibility index (Phi) is 6.33. The topological polar surface area (TPSA) is 78.8 Å². The van der Waals surface area contributed by atoms with Gasteiger partial charge in [0.2, 0.25) is 5.91 Å². The number of hydrogen-bond donors (Lipinski definition) is 3. The molecule has 2 bridgehead atoms. The van der Waals surface area contributed by atoms with Crippen LogP contribution in [0.1, 0.15) is 78.2 Å². The van der Waals surface area contributed by atoms with Crippen molar-refractivity contribution in [2.45, 2.75) is 69.9 Å². The van der Waals surface area contributed by atoms with Gasteiger partial charge in [-0.15, -0.1) is 0 Å². The van der Waals surface area contributed by atoms with Crippen LogP contribution < -0.4 is 10.1 Å². The van der Waals surface area contributed by atoms with Crippen molar-refractivity contribution in [1.82, 2.24) is 5.32 Å². The van der Waals surface area contributed by atoms with Gasteiger partial charge in [0, 0.05) is 5.41 Å². The first-order valence-corrected chi connectivity index (χ1v) is 12.0. The van der Waals surface area contributed by atoms with E-state index in [0.717, 1.165) is 44.4 Å². The quantitative estimate of drug-likeness (QED) is 0.512. The standard InChI is InChI=1S/C28H37NO4/c1-27(2,32)25(29-26(31)24(18-30)21-6-4-3-5-7-21)22-8-10-23(11-9-22)33-19-28-15-12-20(13-16-28)14-17-28/h3-11,20,24-25,30,32H,12-19H2,1-2H3,(H,29,31)/t20?,24-,25+,28?/m0/s1/i19D2. The second kappa shape index (κ2) is 9.86. The average Bonchev–Trinajstić information content (AvgIpc) is 2.84. The van der Waals surface area contributed by atoms with Crippen molar-refractivity contribution in [3.63, 3.8) is 0 Å². The molecule has 5 heteroatoms. The number of carbonyl (C=O) groups excluding carboxylic acids is 1. The van der Waals surface area contributed by atoms with E-state index in [1.165, 1.54) is 0 Å². The number of benzene rings is 2. The molecule has 5 rings (SSSR count). The molecule has 0 heterocycles. The van der Waals surface area contributed by atoms with Gasteiger partial charge in [0.15, 0.2) is 0 Å². The van der Waals surface area contributed by atoms with E-state index in [0.29, 0.717) is 16.9 Å². The number of fused-ring (bicyclic) bond motifs is 3. The van der Waals surface area contributed by atoms with Crippen LogP contribution in [0, 0.1) is 11.3 Å². The van der Waals surface area contributed by atoms with Gasteiger partial charge in [-0.3, -0.25) is 4.79 Å².